The predicted octanol–water partition coefficient (Wildman–Crippen LogP) is 3.88. The van der Waals surface area contributed by atoms with Crippen molar-refractivity contribution in [3.05, 3.63) is 58.1 Å². The van der Waals surface area contributed by atoms with Crippen LogP contribution in [0.5, 0.6) is 11.5 Å². The summed E-state index contributed by atoms with van der Waals surface area (Å²) in [6.07, 6.45) is 0.725. The molecule has 0 spiro atoms. The smallest absolute Gasteiger partial charge is 0.133 e. The van der Waals surface area contributed by atoms with Crippen molar-refractivity contribution < 1.29 is 9.47 Å². The maximum atomic E-state index is 6.51. The molecule has 21 heavy (non-hydrogen) atoms. The van der Waals surface area contributed by atoms with Gasteiger partial charge in [0.05, 0.1) is 18.7 Å². The first-order chi connectivity index (χ1) is 9.96. The van der Waals surface area contributed by atoms with Gasteiger partial charge < -0.3 is 15.2 Å². The molecule has 0 fully saturated rings. The molecule has 0 heterocycles. The van der Waals surface area contributed by atoms with Crippen LogP contribution in [0.3, 0.4) is 0 Å². The van der Waals surface area contributed by atoms with Gasteiger partial charge in [-0.05, 0) is 64.7 Å². The Morgan fingerprint density at radius 1 is 1.10 bits per heavy atom. The average Bonchev–Trinajstić information content (AvgIpc) is 2.47. The van der Waals surface area contributed by atoms with Gasteiger partial charge >= 0.3 is 0 Å². The van der Waals surface area contributed by atoms with Crippen LogP contribution in [0.4, 0.5) is 0 Å². The molecule has 0 amide bonds. The lowest BCUT2D eigenvalue weighted by atomic mass is 9.86. The Morgan fingerprint density at radius 2 is 1.86 bits per heavy atom. The minimum Gasteiger partial charge on any atom is -0.497 e. The molecule has 112 valence electrons. The van der Waals surface area contributed by atoms with Crippen molar-refractivity contribution in [2.45, 2.75) is 18.9 Å². The fraction of sp³-hybridized carbons (Fsp3) is 0.294. The zero-order valence-corrected chi connectivity index (χ0v) is 14.1. The highest BCUT2D eigenvalue weighted by molar-refractivity contribution is 9.10. The number of halogens is 1. The topological polar surface area (TPSA) is 44.5 Å². The summed E-state index contributed by atoms with van der Waals surface area (Å²) in [6, 6.07) is 13.9. The van der Waals surface area contributed by atoms with Crippen LogP contribution in [0.2, 0.25) is 0 Å². The lowest BCUT2D eigenvalue weighted by Gasteiger charge is -2.26. The first-order valence-corrected chi connectivity index (χ1v) is 7.51. The molecule has 0 bridgehead atoms. The molecule has 0 aliphatic rings. The second-order valence-electron chi connectivity index (χ2n) is 5.30. The second-order valence-corrected chi connectivity index (χ2v) is 6.15. The summed E-state index contributed by atoms with van der Waals surface area (Å²) < 4.78 is 11.5. The lowest BCUT2D eigenvalue weighted by Crippen LogP contribution is -2.35. The van der Waals surface area contributed by atoms with Gasteiger partial charge in [0.2, 0.25) is 0 Å². The minimum absolute atomic E-state index is 0.470. The normalized spacial score (nSPS) is 13.6. The quantitative estimate of drug-likeness (QED) is 0.890. The van der Waals surface area contributed by atoms with Gasteiger partial charge in [0, 0.05) is 5.54 Å². The van der Waals surface area contributed by atoms with Crippen molar-refractivity contribution in [2.75, 3.05) is 14.2 Å². The fourth-order valence-corrected chi connectivity index (χ4v) is 2.91. The van der Waals surface area contributed by atoms with E-state index in [9.17, 15) is 0 Å². The predicted molar refractivity (Wildman–Crippen MR) is 88.9 cm³/mol. The number of rotatable bonds is 5. The SMILES string of the molecule is COc1cccc(C(C)(N)Cc2ccc(OC)c(Br)c2)c1. The maximum absolute atomic E-state index is 6.51. The molecule has 0 saturated heterocycles. The zero-order chi connectivity index (χ0) is 15.5. The van der Waals surface area contributed by atoms with Crippen molar-refractivity contribution in [3.8, 4) is 11.5 Å². The Balaban J connectivity index is 2.25. The number of methoxy groups -OCH3 is 2. The molecule has 0 radical (unpaired) electrons. The fourth-order valence-electron chi connectivity index (χ4n) is 2.32. The molecule has 2 aromatic rings. The van der Waals surface area contributed by atoms with Gasteiger partial charge in [0.15, 0.2) is 0 Å². The highest BCUT2D eigenvalue weighted by Crippen LogP contribution is 2.30. The number of nitrogens with two attached hydrogens (primary N) is 1. The van der Waals surface area contributed by atoms with Crippen LogP contribution in [0.15, 0.2) is 46.9 Å². The van der Waals surface area contributed by atoms with Crippen LogP contribution in [0.25, 0.3) is 0 Å². The Morgan fingerprint density at radius 3 is 2.48 bits per heavy atom. The maximum Gasteiger partial charge on any atom is 0.133 e. The van der Waals surface area contributed by atoms with E-state index in [4.69, 9.17) is 15.2 Å². The van der Waals surface area contributed by atoms with Crippen molar-refractivity contribution in [1.29, 1.82) is 0 Å². The molecule has 0 aromatic heterocycles. The Labute approximate surface area is 134 Å². The van der Waals surface area contributed by atoms with E-state index in [0.717, 1.165) is 33.5 Å². The van der Waals surface area contributed by atoms with E-state index < -0.39 is 5.54 Å². The van der Waals surface area contributed by atoms with Crippen LogP contribution in [-0.2, 0) is 12.0 Å². The Bertz CT molecular complexity index is 626. The van der Waals surface area contributed by atoms with Crippen LogP contribution in [0.1, 0.15) is 18.1 Å². The third-order valence-electron chi connectivity index (χ3n) is 3.52. The summed E-state index contributed by atoms with van der Waals surface area (Å²) in [4.78, 5) is 0. The zero-order valence-electron chi connectivity index (χ0n) is 12.5. The molecule has 0 aliphatic carbocycles. The summed E-state index contributed by atoms with van der Waals surface area (Å²) in [7, 11) is 3.32. The number of hydrogen-bond acceptors (Lipinski definition) is 3. The number of benzene rings is 2. The molecule has 1 unspecified atom stereocenters. The summed E-state index contributed by atoms with van der Waals surface area (Å²) in [5, 5.41) is 0. The molecule has 0 aliphatic heterocycles. The van der Waals surface area contributed by atoms with Gasteiger partial charge in [0.25, 0.3) is 0 Å². The van der Waals surface area contributed by atoms with Gasteiger partial charge in [-0.25, -0.2) is 0 Å². The average molecular weight is 350 g/mol. The molecule has 2 aromatic carbocycles. The Kier molecular flexibility index (Phi) is 4.91. The largest absolute Gasteiger partial charge is 0.497 e. The molecule has 1 atom stereocenters. The minimum atomic E-state index is -0.470. The molecular formula is C17H20BrNO2. The third kappa shape index (κ3) is 3.77. The van der Waals surface area contributed by atoms with E-state index in [2.05, 4.69) is 15.9 Å². The molecule has 2 N–H and O–H groups in total. The second kappa shape index (κ2) is 6.50. The van der Waals surface area contributed by atoms with Crippen LogP contribution in [0, 0.1) is 0 Å². The van der Waals surface area contributed by atoms with Crippen LogP contribution in [-0.4, -0.2) is 14.2 Å². The molecular weight excluding hydrogens is 330 g/mol. The van der Waals surface area contributed by atoms with E-state index in [1.165, 1.54) is 0 Å². The molecule has 4 heteroatoms. The molecule has 3 nitrogen and oxygen atoms in total. The van der Waals surface area contributed by atoms with E-state index >= 15 is 0 Å². The van der Waals surface area contributed by atoms with Crippen molar-refractivity contribution >= 4 is 15.9 Å². The first kappa shape index (κ1) is 15.9. The van der Waals surface area contributed by atoms with Crippen molar-refractivity contribution in [3.63, 3.8) is 0 Å². The highest BCUT2D eigenvalue weighted by atomic mass is 79.9. The van der Waals surface area contributed by atoms with E-state index in [-0.39, 0.29) is 0 Å². The van der Waals surface area contributed by atoms with Crippen molar-refractivity contribution in [1.82, 2.24) is 0 Å². The summed E-state index contributed by atoms with van der Waals surface area (Å²) in [6.45, 7) is 2.03. The monoisotopic (exact) mass is 349 g/mol. The van der Waals surface area contributed by atoms with Gasteiger partial charge in [-0.15, -0.1) is 0 Å². The summed E-state index contributed by atoms with van der Waals surface area (Å²) in [5.41, 5.74) is 8.24. The number of ether oxygens (including phenoxy) is 2. The van der Waals surface area contributed by atoms with Crippen LogP contribution >= 0.6 is 15.9 Å². The van der Waals surface area contributed by atoms with E-state index in [1.807, 2.05) is 49.4 Å². The van der Waals surface area contributed by atoms with Gasteiger partial charge in [-0.3, -0.25) is 0 Å². The van der Waals surface area contributed by atoms with Gasteiger partial charge in [0.1, 0.15) is 11.5 Å². The Hall–Kier alpha value is -1.52. The number of hydrogen-bond donors (Lipinski definition) is 1. The summed E-state index contributed by atoms with van der Waals surface area (Å²) >= 11 is 3.51. The van der Waals surface area contributed by atoms with E-state index in [0.29, 0.717) is 0 Å². The lowest BCUT2D eigenvalue weighted by molar-refractivity contribution is 0.409. The van der Waals surface area contributed by atoms with E-state index in [1.54, 1.807) is 14.2 Å². The summed E-state index contributed by atoms with van der Waals surface area (Å²) in [5.74, 6) is 1.64. The third-order valence-corrected chi connectivity index (χ3v) is 4.14. The van der Waals surface area contributed by atoms with Gasteiger partial charge in [-0.2, -0.15) is 0 Å². The highest BCUT2D eigenvalue weighted by Gasteiger charge is 2.22. The van der Waals surface area contributed by atoms with Crippen LogP contribution < -0.4 is 15.2 Å². The standard InChI is InChI=1S/C17H20BrNO2/c1-17(19,13-5-4-6-14(10-13)20-2)11-12-7-8-16(21-3)15(18)9-12/h4-10H,11,19H2,1-3H3. The molecule has 0 saturated carbocycles. The van der Waals surface area contributed by atoms with Crippen molar-refractivity contribution in [2.24, 2.45) is 5.73 Å². The van der Waals surface area contributed by atoms with Gasteiger partial charge in [-0.1, -0.05) is 18.2 Å². The first-order valence-electron chi connectivity index (χ1n) is 6.72. The molecule has 2 rings (SSSR count).